The summed E-state index contributed by atoms with van der Waals surface area (Å²) in [6, 6.07) is 5.10. The molecule has 0 bridgehead atoms. The van der Waals surface area contributed by atoms with Crippen molar-refractivity contribution in [2.75, 3.05) is 5.73 Å². The summed E-state index contributed by atoms with van der Waals surface area (Å²) in [7, 11) is 0. The van der Waals surface area contributed by atoms with Crippen molar-refractivity contribution < 1.29 is 9.90 Å². The molecule has 84 valence electrons. The molecule has 2 aromatic rings. The summed E-state index contributed by atoms with van der Waals surface area (Å²) < 4.78 is 1.18. The van der Waals surface area contributed by atoms with Gasteiger partial charge in [-0.3, -0.25) is 0 Å². The molecule has 0 unspecified atom stereocenters. The molecule has 0 radical (unpaired) electrons. The fraction of sp³-hybridized carbons (Fsp3) is 0. The van der Waals surface area contributed by atoms with E-state index in [0.717, 1.165) is 0 Å². The van der Waals surface area contributed by atoms with Crippen LogP contribution in [0.5, 0.6) is 0 Å². The van der Waals surface area contributed by atoms with Crippen LogP contribution in [0.3, 0.4) is 0 Å². The van der Waals surface area contributed by atoms with E-state index < -0.39 is 5.97 Å². The number of nitriles is 1. The number of carboxylic acid groups (broad SMARTS) is 1. The van der Waals surface area contributed by atoms with Crippen molar-refractivity contribution in [3.63, 3.8) is 0 Å². The molecular weight excluding hydrogens is 222 g/mol. The largest absolute Gasteiger partial charge is 0.476 e. The predicted molar refractivity (Wildman–Crippen MR) is 57.4 cm³/mol. The molecule has 0 aromatic carbocycles. The highest BCUT2D eigenvalue weighted by atomic mass is 16.4. The van der Waals surface area contributed by atoms with Crippen LogP contribution < -0.4 is 5.73 Å². The number of aromatic nitrogens is 3. The summed E-state index contributed by atoms with van der Waals surface area (Å²) in [4.78, 5) is 14.7. The minimum absolute atomic E-state index is 0.0204. The van der Waals surface area contributed by atoms with Crippen LogP contribution in [0.4, 0.5) is 5.69 Å². The quantitative estimate of drug-likeness (QED) is 0.770. The standard InChI is InChI=1S/C10H7N5O2/c11-4-6-2-1-3-13-9(6)15-5-7(12)8(14-15)10(16)17/h1-3,5H,12H2,(H,16,17). The molecule has 0 saturated carbocycles. The maximum Gasteiger partial charge on any atom is 0.358 e. The lowest BCUT2D eigenvalue weighted by atomic mass is 10.3. The van der Waals surface area contributed by atoms with Crippen molar-refractivity contribution in [3.8, 4) is 11.9 Å². The van der Waals surface area contributed by atoms with Crippen LogP contribution in [0.1, 0.15) is 16.1 Å². The van der Waals surface area contributed by atoms with Gasteiger partial charge in [-0.15, -0.1) is 0 Å². The van der Waals surface area contributed by atoms with Crippen LogP contribution in [0.15, 0.2) is 24.5 Å². The lowest BCUT2D eigenvalue weighted by molar-refractivity contribution is 0.0691. The summed E-state index contributed by atoms with van der Waals surface area (Å²) >= 11 is 0. The fourth-order valence-corrected chi connectivity index (χ4v) is 1.33. The second kappa shape index (κ2) is 3.94. The zero-order chi connectivity index (χ0) is 12.4. The van der Waals surface area contributed by atoms with Crippen molar-refractivity contribution in [2.45, 2.75) is 0 Å². The van der Waals surface area contributed by atoms with Gasteiger partial charge in [-0.25, -0.2) is 14.5 Å². The van der Waals surface area contributed by atoms with E-state index in [2.05, 4.69) is 10.1 Å². The maximum atomic E-state index is 10.8. The molecule has 7 heteroatoms. The van der Waals surface area contributed by atoms with E-state index in [9.17, 15) is 4.79 Å². The number of carboxylic acids is 1. The topological polar surface area (TPSA) is 118 Å². The van der Waals surface area contributed by atoms with Gasteiger partial charge >= 0.3 is 5.97 Å². The Morgan fingerprint density at radius 2 is 2.35 bits per heavy atom. The smallest absolute Gasteiger partial charge is 0.358 e. The van der Waals surface area contributed by atoms with Crippen LogP contribution in [-0.2, 0) is 0 Å². The SMILES string of the molecule is N#Cc1cccnc1-n1cc(N)c(C(=O)O)n1. The van der Waals surface area contributed by atoms with Gasteiger partial charge in [0.2, 0.25) is 0 Å². The van der Waals surface area contributed by atoms with Gasteiger partial charge in [-0.2, -0.15) is 10.4 Å². The van der Waals surface area contributed by atoms with E-state index in [1.165, 1.54) is 17.1 Å². The van der Waals surface area contributed by atoms with E-state index in [0.29, 0.717) is 0 Å². The second-order valence-corrected chi connectivity index (χ2v) is 3.17. The maximum absolute atomic E-state index is 10.8. The van der Waals surface area contributed by atoms with E-state index in [1.807, 2.05) is 6.07 Å². The third kappa shape index (κ3) is 1.79. The molecule has 0 aliphatic carbocycles. The van der Waals surface area contributed by atoms with E-state index >= 15 is 0 Å². The molecule has 2 aromatic heterocycles. The number of rotatable bonds is 2. The molecule has 0 atom stereocenters. The van der Waals surface area contributed by atoms with Gasteiger partial charge in [-0.1, -0.05) is 0 Å². The van der Waals surface area contributed by atoms with E-state index in [-0.39, 0.29) is 22.8 Å². The van der Waals surface area contributed by atoms with Crippen LogP contribution in [0.25, 0.3) is 5.82 Å². The van der Waals surface area contributed by atoms with Gasteiger partial charge in [0.05, 0.1) is 17.4 Å². The number of nitrogen functional groups attached to an aromatic ring is 1. The Labute approximate surface area is 95.7 Å². The average molecular weight is 229 g/mol. The molecule has 0 saturated heterocycles. The van der Waals surface area contributed by atoms with Crippen LogP contribution in [0, 0.1) is 11.3 Å². The Hall–Kier alpha value is -2.88. The zero-order valence-corrected chi connectivity index (χ0v) is 8.53. The molecular formula is C10H7N5O2. The van der Waals surface area contributed by atoms with Crippen LogP contribution in [0.2, 0.25) is 0 Å². The zero-order valence-electron chi connectivity index (χ0n) is 8.53. The van der Waals surface area contributed by atoms with Crippen LogP contribution in [-0.4, -0.2) is 25.8 Å². The first-order valence-electron chi connectivity index (χ1n) is 4.57. The Bertz CT molecular complexity index is 626. The summed E-state index contributed by atoms with van der Waals surface area (Å²) in [6.07, 6.45) is 2.79. The van der Waals surface area contributed by atoms with Crippen molar-refractivity contribution in [1.29, 1.82) is 5.26 Å². The molecule has 0 amide bonds. The molecule has 17 heavy (non-hydrogen) atoms. The van der Waals surface area contributed by atoms with Crippen molar-refractivity contribution in [1.82, 2.24) is 14.8 Å². The summed E-state index contributed by atoms with van der Waals surface area (Å²) in [5.41, 5.74) is 5.54. The van der Waals surface area contributed by atoms with Crippen molar-refractivity contribution in [3.05, 3.63) is 35.8 Å². The first kappa shape index (κ1) is 10.6. The van der Waals surface area contributed by atoms with E-state index in [1.54, 1.807) is 12.1 Å². The number of nitrogens with zero attached hydrogens (tertiary/aromatic N) is 4. The minimum atomic E-state index is -1.23. The summed E-state index contributed by atoms with van der Waals surface area (Å²) in [6.45, 7) is 0. The summed E-state index contributed by atoms with van der Waals surface area (Å²) in [5.74, 6) is -0.982. The Morgan fingerprint density at radius 1 is 1.59 bits per heavy atom. The molecule has 0 aliphatic heterocycles. The molecule has 2 heterocycles. The van der Waals surface area contributed by atoms with Gasteiger partial charge in [0.15, 0.2) is 11.5 Å². The average Bonchev–Trinajstić information content (AvgIpc) is 2.71. The van der Waals surface area contributed by atoms with Gasteiger partial charge in [0.25, 0.3) is 0 Å². The number of hydrogen-bond donors (Lipinski definition) is 2. The highest BCUT2D eigenvalue weighted by molar-refractivity contribution is 5.91. The monoisotopic (exact) mass is 229 g/mol. The number of pyridine rings is 1. The number of nitrogens with two attached hydrogens (primary N) is 1. The van der Waals surface area contributed by atoms with Gasteiger partial charge in [-0.05, 0) is 12.1 Å². The fourth-order valence-electron chi connectivity index (χ4n) is 1.33. The van der Waals surface area contributed by atoms with Crippen LogP contribution >= 0.6 is 0 Å². The molecule has 0 spiro atoms. The third-order valence-corrected chi connectivity index (χ3v) is 2.07. The Morgan fingerprint density at radius 3 is 2.94 bits per heavy atom. The van der Waals surface area contributed by atoms with Gasteiger partial charge in [0.1, 0.15) is 6.07 Å². The Balaban J connectivity index is 2.58. The number of hydrogen-bond acceptors (Lipinski definition) is 5. The lowest BCUT2D eigenvalue weighted by Gasteiger charge is -2.00. The molecule has 0 fully saturated rings. The minimum Gasteiger partial charge on any atom is -0.476 e. The summed E-state index contributed by atoms with van der Waals surface area (Å²) in [5, 5.41) is 21.5. The molecule has 2 rings (SSSR count). The lowest BCUT2D eigenvalue weighted by Crippen LogP contribution is -2.04. The first-order valence-corrected chi connectivity index (χ1v) is 4.57. The highest BCUT2D eigenvalue weighted by Crippen LogP contribution is 2.15. The first-order chi connectivity index (χ1) is 8.13. The second-order valence-electron chi connectivity index (χ2n) is 3.17. The molecule has 0 aliphatic rings. The molecule has 3 N–H and O–H groups in total. The Kier molecular flexibility index (Phi) is 2.46. The highest BCUT2D eigenvalue weighted by Gasteiger charge is 2.15. The number of carbonyl (C=O) groups is 1. The predicted octanol–water partition coefficient (Wildman–Crippen LogP) is 0.419. The normalized spacial score (nSPS) is 9.82. The van der Waals surface area contributed by atoms with Gasteiger partial charge < -0.3 is 10.8 Å². The van der Waals surface area contributed by atoms with E-state index in [4.69, 9.17) is 16.1 Å². The number of anilines is 1. The molecule has 7 nitrogen and oxygen atoms in total. The van der Waals surface area contributed by atoms with Crippen molar-refractivity contribution >= 4 is 11.7 Å². The number of aromatic carboxylic acids is 1. The van der Waals surface area contributed by atoms with Gasteiger partial charge in [0, 0.05) is 6.20 Å². The third-order valence-electron chi connectivity index (χ3n) is 2.07. The van der Waals surface area contributed by atoms with Crippen molar-refractivity contribution in [2.24, 2.45) is 0 Å².